The molecule has 1 saturated heterocycles. The van der Waals surface area contributed by atoms with Gasteiger partial charge in [-0.2, -0.15) is 0 Å². The van der Waals surface area contributed by atoms with Crippen LogP contribution in [0.1, 0.15) is 23.2 Å². The molecule has 0 unspecified atom stereocenters. The van der Waals surface area contributed by atoms with E-state index >= 15 is 0 Å². The molecule has 0 radical (unpaired) electrons. The average Bonchev–Trinajstić information content (AvgIpc) is 2.66. The molecule has 0 atom stereocenters. The van der Waals surface area contributed by atoms with Crippen molar-refractivity contribution in [1.29, 1.82) is 0 Å². The number of nitrogens with zero attached hydrogens (tertiary/aromatic N) is 1. The summed E-state index contributed by atoms with van der Waals surface area (Å²) in [6.07, 6.45) is -3.12. The fourth-order valence-corrected chi connectivity index (χ4v) is 3.82. The minimum Gasteiger partial charge on any atom is -0.490 e. The van der Waals surface area contributed by atoms with Gasteiger partial charge in [-0.05, 0) is 24.3 Å². The highest BCUT2D eigenvalue weighted by Gasteiger charge is 2.31. The number of rotatable bonds is 6. The molecule has 1 fully saturated rings. The Morgan fingerprint density at radius 2 is 1.71 bits per heavy atom. The standard InChI is InChI=1S/C20H21F3N2O5S/c1-31(27,28)24-18-8-3-2-7-17(18)19(26)25-11-9-14(10-12-25)29-15-5-4-6-16(13-15)30-20(21,22)23/h2-8,13-14,24H,9-12H2,1H3. The molecule has 1 amide bonds. The minimum absolute atomic E-state index is 0.204. The van der Waals surface area contributed by atoms with Crippen molar-refractivity contribution >= 4 is 21.6 Å². The number of amides is 1. The van der Waals surface area contributed by atoms with E-state index in [1.807, 2.05) is 0 Å². The monoisotopic (exact) mass is 458 g/mol. The van der Waals surface area contributed by atoms with Gasteiger partial charge in [-0.15, -0.1) is 13.2 Å². The number of para-hydroxylation sites is 1. The van der Waals surface area contributed by atoms with Gasteiger partial charge in [0.15, 0.2) is 0 Å². The van der Waals surface area contributed by atoms with Gasteiger partial charge in [-0.3, -0.25) is 9.52 Å². The van der Waals surface area contributed by atoms with Crippen molar-refractivity contribution in [1.82, 2.24) is 4.90 Å². The van der Waals surface area contributed by atoms with E-state index in [1.165, 1.54) is 24.3 Å². The first-order valence-corrected chi connectivity index (χ1v) is 11.3. The molecule has 0 bridgehead atoms. The summed E-state index contributed by atoms with van der Waals surface area (Å²) >= 11 is 0. The quantitative estimate of drug-likeness (QED) is 0.715. The van der Waals surface area contributed by atoms with E-state index in [1.54, 1.807) is 23.1 Å². The highest BCUT2D eigenvalue weighted by molar-refractivity contribution is 7.92. The zero-order valence-corrected chi connectivity index (χ0v) is 17.4. The number of nitrogens with one attached hydrogen (secondary N) is 1. The lowest BCUT2D eigenvalue weighted by Gasteiger charge is -2.32. The van der Waals surface area contributed by atoms with Gasteiger partial charge in [0.1, 0.15) is 17.6 Å². The van der Waals surface area contributed by atoms with Crippen LogP contribution in [-0.2, 0) is 10.0 Å². The van der Waals surface area contributed by atoms with Gasteiger partial charge in [0.25, 0.3) is 5.91 Å². The predicted octanol–water partition coefficient (Wildman–Crippen LogP) is 3.64. The van der Waals surface area contributed by atoms with E-state index in [9.17, 15) is 26.4 Å². The second-order valence-corrected chi connectivity index (χ2v) is 8.80. The zero-order chi connectivity index (χ0) is 22.6. The van der Waals surface area contributed by atoms with Crippen molar-refractivity contribution in [2.75, 3.05) is 24.1 Å². The number of sulfonamides is 1. The Labute approximate surface area is 177 Å². The van der Waals surface area contributed by atoms with Gasteiger partial charge in [-0.1, -0.05) is 18.2 Å². The van der Waals surface area contributed by atoms with Crippen LogP contribution in [0, 0.1) is 0 Å². The Bertz CT molecular complexity index is 1040. The second-order valence-electron chi connectivity index (χ2n) is 7.05. The maximum atomic E-state index is 12.9. The number of hydrogen-bond donors (Lipinski definition) is 1. The summed E-state index contributed by atoms with van der Waals surface area (Å²) in [5.41, 5.74) is 0.444. The van der Waals surface area contributed by atoms with Crippen LogP contribution in [0.3, 0.4) is 0 Å². The third-order valence-corrected chi connectivity index (χ3v) is 5.11. The number of alkyl halides is 3. The molecule has 2 aromatic rings. The summed E-state index contributed by atoms with van der Waals surface area (Å²) in [5.74, 6) is -0.437. The van der Waals surface area contributed by atoms with Crippen LogP contribution in [0.4, 0.5) is 18.9 Å². The van der Waals surface area contributed by atoms with Gasteiger partial charge in [-0.25, -0.2) is 8.42 Å². The van der Waals surface area contributed by atoms with Gasteiger partial charge < -0.3 is 14.4 Å². The number of hydrogen-bond acceptors (Lipinski definition) is 5. The first-order chi connectivity index (χ1) is 14.5. The molecule has 0 aromatic heterocycles. The van der Waals surface area contributed by atoms with Crippen molar-refractivity contribution in [2.24, 2.45) is 0 Å². The molecule has 0 spiro atoms. The SMILES string of the molecule is CS(=O)(=O)Nc1ccccc1C(=O)N1CCC(Oc2cccc(OC(F)(F)F)c2)CC1. The van der Waals surface area contributed by atoms with Crippen molar-refractivity contribution < 1.29 is 35.9 Å². The largest absolute Gasteiger partial charge is 0.573 e. The molecule has 1 aliphatic heterocycles. The summed E-state index contributed by atoms with van der Waals surface area (Å²) in [4.78, 5) is 14.5. The topological polar surface area (TPSA) is 84.9 Å². The summed E-state index contributed by atoms with van der Waals surface area (Å²) < 4.78 is 72.2. The predicted molar refractivity (Wildman–Crippen MR) is 108 cm³/mol. The Morgan fingerprint density at radius 1 is 1.06 bits per heavy atom. The summed E-state index contributed by atoms with van der Waals surface area (Å²) in [6.45, 7) is 0.713. The minimum atomic E-state index is -4.79. The first-order valence-electron chi connectivity index (χ1n) is 9.39. The van der Waals surface area contributed by atoms with Crippen molar-refractivity contribution in [2.45, 2.75) is 25.3 Å². The van der Waals surface area contributed by atoms with Crippen molar-refractivity contribution in [3.8, 4) is 11.5 Å². The van der Waals surface area contributed by atoms with E-state index in [0.717, 1.165) is 12.3 Å². The van der Waals surface area contributed by atoms with Crippen molar-refractivity contribution in [3.63, 3.8) is 0 Å². The number of carbonyl (C=O) groups excluding carboxylic acids is 1. The van der Waals surface area contributed by atoms with Crippen LogP contribution in [-0.4, -0.2) is 51.0 Å². The van der Waals surface area contributed by atoms with Crippen LogP contribution < -0.4 is 14.2 Å². The summed E-state index contributed by atoms with van der Waals surface area (Å²) in [5, 5.41) is 0. The van der Waals surface area contributed by atoms with Crippen LogP contribution in [0.2, 0.25) is 0 Å². The van der Waals surface area contributed by atoms with Crippen LogP contribution >= 0.6 is 0 Å². The fraction of sp³-hybridized carbons (Fsp3) is 0.350. The summed E-state index contributed by atoms with van der Waals surface area (Å²) in [6, 6.07) is 11.6. The Kier molecular flexibility index (Phi) is 6.63. The van der Waals surface area contributed by atoms with E-state index in [2.05, 4.69) is 9.46 Å². The molecular weight excluding hydrogens is 437 g/mol. The van der Waals surface area contributed by atoms with Gasteiger partial charge in [0.2, 0.25) is 10.0 Å². The molecule has 3 rings (SSSR count). The first kappa shape index (κ1) is 22.7. The number of halogens is 3. The lowest BCUT2D eigenvalue weighted by atomic mass is 10.1. The molecule has 2 aromatic carbocycles. The van der Waals surface area contributed by atoms with Crippen molar-refractivity contribution in [3.05, 3.63) is 54.1 Å². The molecule has 0 saturated carbocycles. The molecule has 1 N–H and O–H groups in total. The molecule has 1 heterocycles. The van der Waals surface area contributed by atoms with E-state index in [-0.39, 0.29) is 34.8 Å². The molecule has 7 nitrogen and oxygen atoms in total. The molecule has 168 valence electrons. The van der Waals surface area contributed by atoms with E-state index < -0.39 is 16.4 Å². The lowest BCUT2D eigenvalue weighted by Crippen LogP contribution is -2.42. The number of piperidine rings is 1. The average molecular weight is 458 g/mol. The van der Waals surface area contributed by atoms with Crippen LogP contribution in [0.15, 0.2) is 48.5 Å². The van der Waals surface area contributed by atoms with Crippen LogP contribution in [0.25, 0.3) is 0 Å². The number of carbonyl (C=O) groups is 1. The number of likely N-dealkylation sites (tertiary alicyclic amines) is 1. The van der Waals surface area contributed by atoms with E-state index in [0.29, 0.717) is 25.9 Å². The highest BCUT2D eigenvalue weighted by atomic mass is 32.2. The fourth-order valence-electron chi connectivity index (χ4n) is 3.24. The smallest absolute Gasteiger partial charge is 0.490 e. The van der Waals surface area contributed by atoms with E-state index in [4.69, 9.17) is 4.74 Å². The number of benzene rings is 2. The molecule has 31 heavy (non-hydrogen) atoms. The normalized spacial score (nSPS) is 15.4. The lowest BCUT2D eigenvalue weighted by molar-refractivity contribution is -0.274. The molecule has 0 aliphatic carbocycles. The van der Waals surface area contributed by atoms with Gasteiger partial charge >= 0.3 is 6.36 Å². The molecule has 1 aliphatic rings. The molecular formula is C20H21F3N2O5S. The Morgan fingerprint density at radius 3 is 2.35 bits per heavy atom. The second kappa shape index (κ2) is 9.04. The number of ether oxygens (including phenoxy) is 2. The maximum Gasteiger partial charge on any atom is 0.573 e. The number of anilines is 1. The maximum absolute atomic E-state index is 12.9. The zero-order valence-electron chi connectivity index (χ0n) is 16.6. The Hall–Kier alpha value is -2.95. The Balaban J connectivity index is 1.60. The molecule has 11 heteroatoms. The third kappa shape index (κ3) is 6.78. The third-order valence-electron chi connectivity index (χ3n) is 4.52. The highest BCUT2D eigenvalue weighted by Crippen LogP contribution is 2.28. The van der Waals surface area contributed by atoms with Crippen LogP contribution in [0.5, 0.6) is 11.5 Å². The van der Waals surface area contributed by atoms with Gasteiger partial charge in [0, 0.05) is 32.0 Å². The van der Waals surface area contributed by atoms with Gasteiger partial charge in [0.05, 0.1) is 17.5 Å². The summed E-state index contributed by atoms with van der Waals surface area (Å²) in [7, 11) is -3.54.